The molecule has 1 N–H and O–H groups in total. The molecule has 0 aliphatic rings. The van der Waals surface area contributed by atoms with Crippen LogP contribution in [0.15, 0.2) is 24.3 Å². The monoisotopic (exact) mass is 149 g/mol. The predicted molar refractivity (Wildman–Crippen MR) is 38.2 cm³/mol. The topological polar surface area (TPSA) is 54.4 Å². The number of rotatable bonds is 2. The summed E-state index contributed by atoms with van der Waals surface area (Å²) in [5.74, 6) is -0.998. The van der Waals surface area contributed by atoms with Crippen LogP contribution in [-0.2, 0) is 4.79 Å². The highest BCUT2D eigenvalue weighted by atomic mass is 16.4. The fraction of sp³-hybridized carbons (Fsp3) is 0. The van der Waals surface area contributed by atoms with Crippen LogP contribution >= 0.6 is 0 Å². The van der Waals surface area contributed by atoms with Crippen LogP contribution in [0.1, 0.15) is 15.9 Å². The van der Waals surface area contributed by atoms with Crippen LogP contribution in [0.5, 0.6) is 0 Å². The third-order valence-corrected chi connectivity index (χ3v) is 1.25. The molecule has 11 heavy (non-hydrogen) atoms. The van der Waals surface area contributed by atoms with Gasteiger partial charge in [-0.05, 0) is 12.1 Å². The van der Waals surface area contributed by atoms with Gasteiger partial charge in [-0.3, -0.25) is 4.79 Å². The first-order valence-electron chi connectivity index (χ1n) is 2.95. The van der Waals surface area contributed by atoms with Crippen LogP contribution < -0.4 is 0 Å². The number of hydrogen-bond donors (Lipinski definition) is 1. The largest absolute Gasteiger partial charge is 0.478 e. The van der Waals surface area contributed by atoms with E-state index >= 15 is 0 Å². The van der Waals surface area contributed by atoms with Gasteiger partial charge in [0, 0.05) is 5.56 Å². The standard InChI is InChI=1S/C8H5O3/c9-5-6-1-3-7(4-2-6)8(10)11/h1-4H,(H,10,11). The van der Waals surface area contributed by atoms with Crippen LogP contribution in [0, 0.1) is 0 Å². The molecule has 0 aliphatic carbocycles. The molecule has 0 fully saturated rings. The van der Waals surface area contributed by atoms with E-state index in [-0.39, 0.29) is 5.56 Å². The van der Waals surface area contributed by atoms with Crippen LogP contribution in [0.25, 0.3) is 0 Å². The molecule has 3 heteroatoms. The summed E-state index contributed by atoms with van der Waals surface area (Å²) in [5.41, 5.74) is 0.527. The van der Waals surface area contributed by atoms with Crippen molar-refractivity contribution < 1.29 is 14.7 Å². The van der Waals surface area contributed by atoms with Gasteiger partial charge < -0.3 is 5.11 Å². The molecular formula is C8H5O3. The Balaban J connectivity index is 3.00. The van der Waals surface area contributed by atoms with Crippen LogP contribution in [0.3, 0.4) is 0 Å². The fourth-order valence-electron chi connectivity index (χ4n) is 0.681. The summed E-state index contributed by atoms with van der Waals surface area (Å²) in [5, 5.41) is 8.45. The number of carboxylic acid groups (broad SMARTS) is 1. The summed E-state index contributed by atoms with van der Waals surface area (Å²) < 4.78 is 0. The van der Waals surface area contributed by atoms with E-state index in [4.69, 9.17) is 5.11 Å². The first-order valence-corrected chi connectivity index (χ1v) is 2.95. The van der Waals surface area contributed by atoms with Gasteiger partial charge >= 0.3 is 5.97 Å². The summed E-state index contributed by atoms with van der Waals surface area (Å²) in [7, 11) is 0. The van der Waals surface area contributed by atoms with E-state index in [1.165, 1.54) is 24.3 Å². The van der Waals surface area contributed by atoms with E-state index in [1.807, 2.05) is 0 Å². The molecule has 1 rings (SSSR count). The third kappa shape index (κ3) is 1.64. The van der Waals surface area contributed by atoms with Gasteiger partial charge in [-0.25, -0.2) is 4.79 Å². The Kier molecular flexibility index (Phi) is 2.01. The highest BCUT2D eigenvalue weighted by Crippen LogP contribution is 2.01. The van der Waals surface area contributed by atoms with Gasteiger partial charge in [0.15, 0.2) is 0 Å². The molecule has 0 unspecified atom stereocenters. The summed E-state index contributed by atoms with van der Waals surface area (Å²) >= 11 is 0. The second-order valence-electron chi connectivity index (χ2n) is 1.98. The van der Waals surface area contributed by atoms with Gasteiger partial charge in [-0.2, -0.15) is 0 Å². The maximum Gasteiger partial charge on any atom is 0.335 e. The molecule has 1 radical (unpaired) electrons. The molecule has 0 atom stereocenters. The van der Waals surface area contributed by atoms with E-state index in [9.17, 15) is 9.59 Å². The molecule has 3 nitrogen and oxygen atoms in total. The van der Waals surface area contributed by atoms with E-state index in [2.05, 4.69) is 0 Å². The van der Waals surface area contributed by atoms with E-state index in [0.29, 0.717) is 5.56 Å². The molecule has 0 saturated carbocycles. The maximum absolute atomic E-state index is 10.3. The summed E-state index contributed by atoms with van der Waals surface area (Å²) in [6.45, 7) is 0. The summed E-state index contributed by atoms with van der Waals surface area (Å²) in [6.07, 6.45) is 1.65. The van der Waals surface area contributed by atoms with Crippen molar-refractivity contribution in [1.82, 2.24) is 0 Å². The molecular weight excluding hydrogens is 144 g/mol. The van der Waals surface area contributed by atoms with E-state index in [1.54, 1.807) is 6.29 Å². The molecule has 55 valence electrons. The average Bonchev–Trinajstić information content (AvgIpc) is 2.05. The molecule has 0 spiro atoms. The van der Waals surface area contributed by atoms with Crippen molar-refractivity contribution in [3.63, 3.8) is 0 Å². The van der Waals surface area contributed by atoms with Gasteiger partial charge in [0.2, 0.25) is 6.29 Å². The quantitative estimate of drug-likeness (QED) is 0.677. The normalized spacial score (nSPS) is 9.09. The molecule has 1 aromatic carbocycles. The zero-order valence-electron chi connectivity index (χ0n) is 5.57. The lowest BCUT2D eigenvalue weighted by molar-refractivity contribution is 0.0697. The Hall–Kier alpha value is -1.64. The lowest BCUT2D eigenvalue weighted by atomic mass is 10.1. The molecule has 1 aromatic rings. The van der Waals surface area contributed by atoms with Crippen molar-refractivity contribution in [3.05, 3.63) is 35.4 Å². The number of aromatic carboxylic acids is 1. The molecule has 0 aliphatic heterocycles. The summed E-state index contributed by atoms with van der Waals surface area (Å²) in [4.78, 5) is 20.3. The fourth-order valence-corrected chi connectivity index (χ4v) is 0.681. The second kappa shape index (κ2) is 2.96. The van der Waals surface area contributed by atoms with Crippen LogP contribution in [-0.4, -0.2) is 17.4 Å². The SMILES string of the molecule is O=[C]c1ccc(C(=O)O)cc1. The van der Waals surface area contributed by atoms with Crippen molar-refractivity contribution in [2.45, 2.75) is 0 Å². The minimum Gasteiger partial charge on any atom is -0.478 e. The van der Waals surface area contributed by atoms with Gasteiger partial charge in [-0.15, -0.1) is 0 Å². The van der Waals surface area contributed by atoms with Gasteiger partial charge in [-0.1, -0.05) is 12.1 Å². The van der Waals surface area contributed by atoms with Gasteiger partial charge in [0.05, 0.1) is 5.56 Å². The number of carbonyl (C=O) groups is 1. The highest BCUT2D eigenvalue weighted by Gasteiger charge is 2.00. The Bertz CT molecular complexity index is 274. The van der Waals surface area contributed by atoms with Gasteiger partial charge in [0.1, 0.15) is 0 Å². The maximum atomic E-state index is 10.3. The third-order valence-electron chi connectivity index (χ3n) is 1.25. The van der Waals surface area contributed by atoms with Crippen molar-refractivity contribution in [2.75, 3.05) is 0 Å². The molecule has 0 saturated heterocycles. The number of carboxylic acids is 1. The average molecular weight is 149 g/mol. The molecule has 0 amide bonds. The van der Waals surface area contributed by atoms with Crippen molar-refractivity contribution in [2.24, 2.45) is 0 Å². The zero-order chi connectivity index (χ0) is 8.27. The van der Waals surface area contributed by atoms with Gasteiger partial charge in [0.25, 0.3) is 0 Å². The number of benzene rings is 1. The lowest BCUT2D eigenvalue weighted by Gasteiger charge is -1.91. The van der Waals surface area contributed by atoms with E-state index < -0.39 is 5.97 Å². The van der Waals surface area contributed by atoms with Crippen molar-refractivity contribution in [1.29, 1.82) is 0 Å². The number of carbonyl (C=O) groups excluding carboxylic acids is 1. The van der Waals surface area contributed by atoms with E-state index in [0.717, 1.165) is 0 Å². The van der Waals surface area contributed by atoms with Crippen LogP contribution in [0.4, 0.5) is 0 Å². The highest BCUT2D eigenvalue weighted by molar-refractivity contribution is 5.88. The Labute approximate surface area is 63.3 Å². The first-order chi connectivity index (χ1) is 5.24. The predicted octanol–water partition coefficient (Wildman–Crippen LogP) is 0.843. The summed E-state index contributed by atoms with van der Waals surface area (Å²) in [6, 6.07) is 5.55. The van der Waals surface area contributed by atoms with Crippen molar-refractivity contribution in [3.8, 4) is 0 Å². The molecule has 0 bridgehead atoms. The number of hydrogen-bond acceptors (Lipinski definition) is 2. The molecule has 0 heterocycles. The van der Waals surface area contributed by atoms with Crippen LogP contribution in [0.2, 0.25) is 0 Å². The Morgan fingerprint density at radius 1 is 1.27 bits per heavy atom. The Morgan fingerprint density at radius 2 is 1.82 bits per heavy atom. The minimum atomic E-state index is -0.998. The zero-order valence-corrected chi connectivity index (χ0v) is 5.57. The molecule has 0 aromatic heterocycles. The minimum absolute atomic E-state index is 0.170. The van der Waals surface area contributed by atoms with Crippen molar-refractivity contribution >= 4 is 12.3 Å². The smallest absolute Gasteiger partial charge is 0.335 e. The Morgan fingerprint density at radius 3 is 2.18 bits per heavy atom. The lowest BCUT2D eigenvalue weighted by Crippen LogP contribution is -1.95. The first kappa shape index (κ1) is 7.47. The second-order valence-corrected chi connectivity index (χ2v) is 1.98.